The topological polar surface area (TPSA) is 74.8 Å². The molecule has 3 heterocycles. The van der Waals surface area contributed by atoms with E-state index in [9.17, 15) is 4.79 Å². The van der Waals surface area contributed by atoms with Crippen LogP contribution in [-0.4, -0.2) is 31.2 Å². The molecule has 0 aliphatic rings. The molecular formula is C27H29N5O2. The Bertz CT molecular complexity index is 1550. The Morgan fingerprint density at radius 3 is 2.35 bits per heavy atom. The van der Waals surface area contributed by atoms with E-state index in [-0.39, 0.29) is 5.56 Å². The molecule has 0 bridgehead atoms. The molecule has 0 spiro atoms. The maximum Gasteiger partial charge on any atom is 0.265 e. The second-order valence-electron chi connectivity index (χ2n) is 8.66. The van der Waals surface area contributed by atoms with Gasteiger partial charge in [-0.15, -0.1) is 0 Å². The maximum absolute atomic E-state index is 13.8. The van der Waals surface area contributed by atoms with Crippen LogP contribution < -0.4 is 10.3 Å². The molecule has 5 aromatic rings. The van der Waals surface area contributed by atoms with E-state index in [1.165, 1.54) is 6.42 Å². The molecule has 0 aliphatic heterocycles. The molecule has 0 fully saturated rings. The lowest BCUT2D eigenvalue weighted by atomic mass is 10.2. The highest BCUT2D eigenvalue weighted by atomic mass is 16.5. The fourth-order valence-electron chi connectivity index (χ4n) is 4.61. The van der Waals surface area contributed by atoms with Gasteiger partial charge >= 0.3 is 0 Å². The summed E-state index contributed by atoms with van der Waals surface area (Å²) in [4.78, 5) is 28.5. The van der Waals surface area contributed by atoms with Crippen LogP contribution in [0.25, 0.3) is 33.2 Å². The van der Waals surface area contributed by atoms with E-state index in [1.807, 2.05) is 60.0 Å². The fraction of sp³-hybridized carbons (Fsp3) is 0.333. The van der Waals surface area contributed by atoms with E-state index in [2.05, 4.69) is 6.92 Å². The summed E-state index contributed by atoms with van der Waals surface area (Å²) in [7, 11) is 1.66. The monoisotopic (exact) mass is 455 g/mol. The molecule has 3 aromatic heterocycles. The summed E-state index contributed by atoms with van der Waals surface area (Å²) in [5.41, 5.74) is 4.37. The summed E-state index contributed by atoms with van der Waals surface area (Å²) in [6.45, 7) is 5.23. The van der Waals surface area contributed by atoms with Gasteiger partial charge in [-0.1, -0.05) is 56.5 Å². The van der Waals surface area contributed by atoms with E-state index >= 15 is 0 Å². The van der Waals surface area contributed by atoms with Gasteiger partial charge in [-0.25, -0.2) is 15.0 Å². The summed E-state index contributed by atoms with van der Waals surface area (Å²) in [6, 6.07) is 15.6. The number of rotatable bonds is 8. The van der Waals surface area contributed by atoms with Crippen LogP contribution in [0.15, 0.2) is 53.3 Å². The maximum atomic E-state index is 13.8. The molecule has 0 saturated carbocycles. The second kappa shape index (κ2) is 9.25. The second-order valence-corrected chi connectivity index (χ2v) is 8.66. The van der Waals surface area contributed by atoms with Gasteiger partial charge in [-0.2, -0.15) is 0 Å². The molecule has 174 valence electrons. The zero-order valence-corrected chi connectivity index (χ0v) is 19.9. The molecule has 2 aromatic carbocycles. The van der Waals surface area contributed by atoms with Gasteiger partial charge in [-0.3, -0.25) is 9.36 Å². The minimum absolute atomic E-state index is 0.0487. The van der Waals surface area contributed by atoms with Crippen LogP contribution in [0, 0.1) is 6.92 Å². The van der Waals surface area contributed by atoms with Crippen molar-refractivity contribution in [2.24, 2.45) is 0 Å². The van der Waals surface area contributed by atoms with Crippen LogP contribution in [0.5, 0.6) is 5.75 Å². The van der Waals surface area contributed by atoms with E-state index in [1.54, 1.807) is 11.7 Å². The van der Waals surface area contributed by atoms with Crippen LogP contribution in [-0.2, 0) is 13.1 Å². The molecule has 0 radical (unpaired) electrons. The predicted molar refractivity (Wildman–Crippen MR) is 136 cm³/mol. The Morgan fingerprint density at radius 2 is 1.59 bits per heavy atom. The quantitative estimate of drug-likeness (QED) is 0.299. The lowest BCUT2D eigenvalue weighted by Gasteiger charge is -2.12. The van der Waals surface area contributed by atoms with Crippen molar-refractivity contribution in [2.45, 2.75) is 52.6 Å². The molecule has 34 heavy (non-hydrogen) atoms. The number of benzene rings is 2. The van der Waals surface area contributed by atoms with Crippen LogP contribution in [0.4, 0.5) is 0 Å². The summed E-state index contributed by atoms with van der Waals surface area (Å²) >= 11 is 0. The Kier molecular flexibility index (Phi) is 6.01. The SMILES string of the molecule is CCCCCCn1c(C)nc2c(c1=O)c1nc3ccccc3nc1n2Cc1ccccc1OC. The molecule has 0 saturated heterocycles. The van der Waals surface area contributed by atoms with Gasteiger partial charge < -0.3 is 9.30 Å². The Morgan fingerprint density at radius 1 is 0.853 bits per heavy atom. The molecular weight excluding hydrogens is 426 g/mol. The first-order valence-electron chi connectivity index (χ1n) is 11.9. The van der Waals surface area contributed by atoms with Gasteiger partial charge in [0, 0.05) is 12.1 Å². The zero-order chi connectivity index (χ0) is 23.7. The standard InChI is InChI=1S/C27H29N5O2/c1-4-5-6-11-16-31-18(2)28-25-23(27(31)33)24-26(30-21-14-9-8-13-20(21)29-24)32(25)17-19-12-7-10-15-22(19)34-3/h7-10,12-15H,4-6,11,16-17H2,1-3H3. The average molecular weight is 456 g/mol. The molecule has 0 N–H and O–H groups in total. The Labute approximate surface area is 198 Å². The lowest BCUT2D eigenvalue weighted by molar-refractivity contribution is 0.409. The first kappa shape index (κ1) is 22.1. The normalized spacial score (nSPS) is 11.6. The van der Waals surface area contributed by atoms with Crippen molar-refractivity contribution < 1.29 is 4.74 Å². The third-order valence-electron chi connectivity index (χ3n) is 6.40. The molecule has 5 rings (SSSR count). The highest BCUT2D eigenvalue weighted by Gasteiger charge is 2.22. The Hall–Kier alpha value is -3.74. The van der Waals surface area contributed by atoms with E-state index < -0.39 is 0 Å². The molecule has 7 heteroatoms. The van der Waals surface area contributed by atoms with Gasteiger partial charge in [0.2, 0.25) is 0 Å². The first-order chi connectivity index (χ1) is 16.6. The summed E-state index contributed by atoms with van der Waals surface area (Å²) in [5.74, 6) is 1.50. The number of unbranched alkanes of at least 4 members (excludes halogenated alkanes) is 3. The molecule has 7 nitrogen and oxygen atoms in total. The van der Waals surface area contributed by atoms with E-state index in [4.69, 9.17) is 19.7 Å². The number of fused-ring (bicyclic) bond motifs is 4. The van der Waals surface area contributed by atoms with Crippen LogP contribution in [0.2, 0.25) is 0 Å². The van der Waals surface area contributed by atoms with Crippen molar-refractivity contribution >= 4 is 33.2 Å². The van der Waals surface area contributed by atoms with Crippen LogP contribution >= 0.6 is 0 Å². The summed E-state index contributed by atoms with van der Waals surface area (Å²) in [5, 5.41) is 0.532. The van der Waals surface area contributed by atoms with Gasteiger partial charge in [0.25, 0.3) is 5.56 Å². The summed E-state index contributed by atoms with van der Waals surface area (Å²) < 4.78 is 9.37. The smallest absolute Gasteiger partial charge is 0.265 e. The highest BCUT2D eigenvalue weighted by molar-refractivity contribution is 6.04. The first-order valence-corrected chi connectivity index (χ1v) is 11.9. The van der Waals surface area contributed by atoms with Crippen molar-refractivity contribution in [3.05, 3.63) is 70.3 Å². The number of methoxy groups -OCH3 is 1. The van der Waals surface area contributed by atoms with Crippen LogP contribution in [0.1, 0.15) is 44.0 Å². The Balaban J connectivity index is 1.77. The minimum atomic E-state index is -0.0487. The highest BCUT2D eigenvalue weighted by Crippen LogP contribution is 2.28. The predicted octanol–water partition coefficient (Wildman–Crippen LogP) is 5.24. The average Bonchev–Trinajstić information content (AvgIpc) is 3.14. The van der Waals surface area contributed by atoms with Gasteiger partial charge in [-0.05, 0) is 31.5 Å². The number of aromatic nitrogens is 5. The molecule has 0 amide bonds. The number of aryl methyl sites for hydroxylation is 1. The van der Waals surface area contributed by atoms with Crippen molar-refractivity contribution in [3.63, 3.8) is 0 Å². The van der Waals surface area contributed by atoms with E-state index in [0.29, 0.717) is 41.1 Å². The number of hydrogen-bond donors (Lipinski definition) is 0. The van der Waals surface area contributed by atoms with E-state index in [0.717, 1.165) is 41.6 Å². The number of hydrogen-bond acceptors (Lipinski definition) is 5. The zero-order valence-electron chi connectivity index (χ0n) is 19.9. The number of ether oxygens (including phenoxy) is 1. The van der Waals surface area contributed by atoms with Gasteiger partial charge in [0.05, 0.1) is 24.7 Å². The van der Waals surface area contributed by atoms with Crippen molar-refractivity contribution in [2.75, 3.05) is 7.11 Å². The third-order valence-corrected chi connectivity index (χ3v) is 6.40. The van der Waals surface area contributed by atoms with Crippen molar-refractivity contribution in [1.29, 1.82) is 0 Å². The summed E-state index contributed by atoms with van der Waals surface area (Å²) in [6.07, 6.45) is 4.38. The number of para-hydroxylation sites is 3. The molecule has 0 atom stereocenters. The van der Waals surface area contributed by atoms with Crippen molar-refractivity contribution in [3.8, 4) is 5.75 Å². The molecule has 0 unspecified atom stereocenters. The third kappa shape index (κ3) is 3.81. The van der Waals surface area contributed by atoms with Crippen LogP contribution in [0.3, 0.4) is 0 Å². The molecule has 0 aliphatic carbocycles. The number of nitrogens with zero attached hydrogens (tertiary/aromatic N) is 5. The largest absolute Gasteiger partial charge is 0.496 e. The van der Waals surface area contributed by atoms with Gasteiger partial charge in [0.1, 0.15) is 22.5 Å². The van der Waals surface area contributed by atoms with Crippen molar-refractivity contribution in [1.82, 2.24) is 24.1 Å². The fourth-order valence-corrected chi connectivity index (χ4v) is 4.61. The minimum Gasteiger partial charge on any atom is -0.496 e. The lowest BCUT2D eigenvalue weighted by Crippen LogP contribution is -2.24. The van der Waals surface area contributed by atoms with Gasteiger partial charge in [0.15, 0.2) is 11.3 Å².